The molecule has 1 N–H and O–H groups in total. The summed E-state index contributed by atoms with van der Waals surface area (Å²) < 4.78 is 26.9. The molecule has 4 heteroatoms. The minimum atomic E-state index is -0.676. The third-order valence-electron chi connectivity index (χ3n) is 3.65. The Balaban J connectivity index is 2.60. The van der Waals surface area contributed by atoms with Gasteiger partial charge in [0.25, 0.3) is 0 Å². The largest absolute Gasteiger partial charge is 0.356 e. The smallest absolute Gasteiger partial charge is 0.224 e. The van der Waals surface area contributed by atoms with Crippen molar-refractivity contribution in [3.05, 3.63) is 35.4 Å². The van der Waals surface area contributed by atoms with Crippen LogP contribution in [-0.4, -0.2) is 12.5 Å². The van der Waals surface area contributed by atoms with Gasteiger partial charge >= 0.3 is 0 Å². The lowest BCUT2D eigenvalue weighted by Crippen LogP contribution is -2.35. The molecule has 0 heterocycles. The summed E-state index contributed by atoms with van der Waals surface area (Å²) >= 11 is 0. The minimum absolute atomic E-state index is 0.171. The van der Waals surface area contributed by atoms with E-state index < -0.39 is 11.6 Å². The molecule has 0 spiro atoms. The third-order valence-corrected chi connectivity index (χ3v) is 3.65. The minimum Gasteiger partial charge on any atom is -0.356 e. The molecule has 0 aromatic heterocycles. The third kappa shape index (κ3) is 4.58. The first kappa shape index (κ1) is 16.6. The average molecular weight is 283 g/mol. The summed E-state index contributed by atoms with van der Waals surface area (Å²) in [4.78, 5) is 11.8. The highest BCUT2D eigenvalue weighted by atomic mass is 19.1. The van der Waals surface area contributed by atoms with Gasteiger partial charge in [0.2, 0.25) is 5.91 Å². The highest BCUT2D eigenvalue weighted by Gasteiger charge is 2.19. The Bertz CT molecular complexity index is 430. The van der Waals surface area contributed by atoms with Crippen molar-refractivity contribution in [3.8, 4) is 0 Å². The topological polar surface area (TPSA) is 29.1 Å². The molecular weight excluding hydrogens is 260 g/mol. The van der Waals surface area contributed by atoms with Crippen LogP contribution >= 0.6 is 0 Å². The summed E-state index contributed by atoms with van der Waals surface area (Å²) in [5.41, 5.74) is -0.171. The van der Waals surface area contributed by atoms with Gasteiger partial charge in [-0.3, -0.25) is 4.79 Å². The predicted octanol–water partition coefficient (Wildman–Crippen LogP) is 3.55. The van der Waals surface area contributed by atoms with Gasteiger partial charge in [-0.15, -0.1) is 0 Å². The maximum Gasteiger partial charge on any atom is 0.224 e. The van der Waals surface area contributed by atoms with Gasteiger partial charge in [0, 0.05) is 12.1 Å². The molecule has 0 aliphatic rings. The zero-order valence-corrected chi connectivity index (χ0v) is 12.5. The molecular formula is C16H23F2NO. The van der Waals surface area contributed by atoms with Crippen molar-refractivity contribution in [1.29, 1.82) is 0 Å². The van der Waals surface area contributed by atoms with E-state index >= 15 is 0 Å². The van der Waals surface area contributed by atoms with Crippen LogP contribution in [0.1, 0.15) is 33.3 Å². The molecule has 0 fully saturated rings. The zero-order chi connectivity index (χ0) is 15.3. The van der Waals surface area contributed by atoms with Crippen LogP contribution in [0.15, 0.2) is 18.2 Å². The molecule has 1 rings (SSSR count). The summed E-state index contributed by atoms with van der Waals surface area (Å²) in [6.45, 7) is 8.95. The zero-order valence-electron chi connectivity index (χ0n) is 12.5. The standard InChI is InChI=1S/C16H23F2NO/c1-10(2)13(11(3)4)9-19-16(20)8-12-14(17)6-5-7-15(12)18/h5-7,10-11,13H,8-9H2,1-4H3,(H,19,20). The van der Waals surface area contributed by atoms with E-state index in [0.717, 1.165) is 12.1 Å². The van der Waals surface area contributed by atoms with Crippen LogP contribution in [0.4, 0.5) is 8.78 Å². The summed E-state index contributed by atoms with van der Waals surface area (Å²) in [5, 5.41) is 2.78. The van der Waals surface area contributed by atoms with E-state index in [2.05, 4.69) is 33.0 Å². The van der Waals surface area contributed by atoms with E-state index in [1.54, 1.807) is 0 Å². The van der Waals surface area contributed by atoms with Crippen molar-refractivity contribution in [3.63, 3.8) is 0 Å². The highest BCUT2D eigenvalue weighted by molar-refractivity contribution is 5.78. The number of carbonyl (C=O) groups is 1. The van der Waals surface area contributed by atoms with E-state index in [4.69, 9.17) is 0 Å². The summed E-state index contributed by atoms with van der Waals surface area (Å²) in [6.07, 6.45) is -0.262. The Morgan fingerprint density at radius 2 is 1.60 bits per heavy atom. The van der Waals surface area contributed by atoms with Gasteiger partial charge in [0.05, 0.1) is 6.42 Å². The quantitative estimate of drug-likeness (QED) is 0.850. The Hall–Kier alpha value is -1.45. The maximum atomic E-state index is 13.4. The van der Waals surface area contributed by atoms with Crippen molar-refractivity contribution >= 4 is 5.91 Å². The van der Waals surface area contributed by atoms with Crippen molar-refractivity contribution in [1.82, 2.24) is 5.32 Å². The number of rotatable bonds is 6. The van der Waals surface area contributed by atoms with Gasteiger partial charge in [-0.25, -0.2) is 8.78 Å². The van der Waals surface area contributed by atoms with Crippen LogP contribution in [0.25, 0.3) is 0 Å². The molecule has 112 valence electrons. The second-order valence-electron chi connectivity index (χ2n) is 5.83. The van der Waals surface area contributed by atoms with Gasteiger partial charge in [-0.2, -0.15) is 0 Å². The number of nitrogens with one attached hydrogen (secondary N) is 1. The first-order valence-electron chi connectivity index (χ1n) is 7.02. The lowest BCUT2D eigenvalue weighted by molar-refractivity contribution is -0.120. The summed E-state index contributed by atoms with van der Waals surface area (Å²) in [7, 11) is 0. The van der Waals surface area contributed by atoms with E-state index in [0.29, 0.717) is 24.3 Å². The molecule has 0 saturated carbocycles. The molecule has 0 aliphatic carbocycles. The van der Waals surface area contributed by atoms with Crippen molar-refractivity contribution in [2.45, 2.75) is 34.1 Å². The molecule has 1 amide bonds. The van der Waals surface area contributed by atoms with Crippen LogP contribution in [-0.2, 0) is 11.2 Å². The molecule has 0 bridgehead atoms. The molecule has 1 aromatic rings. The van der Waals surface area contributed by atoms with E-state index in [1.807, 2.05) is 0 Å². The molecule has 2 nitrogen and oxygen atoms in total. The average Bonchev–Trinajstić information content (AvgIpc) is 2.33. The Morgan fingerprint density at radius 3 is 2.05 bits per heavy atom. The maximum absolute atomic E-state index is 13.4. The SMILES string of the molecule is CC(C)C(CNC(=O)Cc1c(F)cccc1F)C(C)C. The number of halogens is 2. The first-order valence-corrected chi connectivity index (χ1v) is 7.02. The van der Waals surface area contributed by atoms with Crippen LogP contribution < -0.4 is 5.32 Å². The predicted molar refractivity (Wildman–Crippen MR) is 76.2 cm³/mol. The molecule has 0 aliphatic heterocycles. The lowest BCUT2D eigenvalue weighted by atomic mass is 9.85. The molecule has 0 radical (unpaired) electrons. The fourth-order valence-corrected chi connectivity index (χ4v) is 2.40. The normalized spacial score (nSPS) is 11.4. The van der Waals surface area contributed by atoms with Gasteiger partial charge in [-0.05, 0) is 29.9 Å². The Labute approximate surface area is 119 Å². The fourth-order valence-electron chi connectivity index (χ4n) is 2.40. The fraction of sp³-hybridized carbons (Fsp3) is 0.562. The molecule has 0 saturated heterocycles. The lowest BCUT2D eigenvalue weighted by Gasteiger charge is -2.25. The molecule has 0 unspecified atom stereocenters. The number of hydrogen-bond donors (Lipinski definition) is 1. The van der Waals surface area contributed by atoms with Crippen LogP contribution in [0.3, 0.4) is 0 Å². The Morgan fingerprint density at radius 1 is 1.10 bits per heavy atom. The van der Waals surface area contributed by atoms with E-state index in [-0.39, 0.29) is 17.9 Å². The molecule has 0 atom stereocenters. The van der Waals surface area contributed by atoms with Crippen LogP contribution in [0.5, 0.6) is 0 Å². The first-order chi connectivity index (χ1) is 9.32. The number of amides is 1. The number of benzene rings is 1. The van der Waals surface area contributed by atoms with Gasteiger partial charge in [0.1, 0.15) is 11.6 Å². The van der Waals surface area contributed by atoms with Crippen molar-refractivity contribution in [2.24, 2.45) is 17.8 Å². The summed E-state index contributed by atoms with van der Waals surface area (Å²) in [6, 6.07) is 3.62. The Kier molecular flexibility index (Phi) is 6.11. The second kappa shape index (κ2) is 7.36. The van der Waals surface area contributed by atoms with Gasteiger partial charge in [-0.1, -0.05) is 33.8 Å². The van der Waals surface area contributed by atoms with E-state index in [9.17, 15) is 13.6 Å². The monoisotopic (exact) mass is 283 g/mol. The van der Waals surface area contributed by atoms with Crippen LogP contribution in [0, 0.1) is 29.4 Å². The van der Waals surface area contributed by atoms with E-state index in [1.165, 1.54) is 6.07 Å². The van der Waals surface area contributed by atoms with Crippen LogP contribution in [0.2, 0.25) is 0 Å². The number of carbonyl (C=O) groups excluding carboxylic acids is 1. The van der Waals surface area contributed by atoms with Gasteiger partial charge < -0.3 is 5.32 Å². The van der Waals surface area contributed by atoms with Gasteiger partial charge in [0.15, 0.2) is 0 Å². The second-order valence-corrected chi connectivity index (χ2v) is 5.83. The van der Waals surface area contributed by atoms with Crippen molar-refractivity contribution < 1.29 is 13.6 Å². The molecule has 1 aromatic carbocycles. The highest BCUT2D eigenvalue weighted by Crippen LogP contribution is 2.19. The number of hydrogen-bond acceptors (Lipinski definition) is 1. The summed E-state index contributed by atoms with van der Waals surface area (Å²) in [5.74, 6) is -0.459. The van der Waals surface area contributed by atoms with Crippen molar-refractivity contribution in [2.75, 3.05) is 6.54 Å². The molecule has 20 heavy (non-hydrogen) atoms.